The summed E-state index contributed by atoms with van der Waals surface area (Å²) in [7, 11) is -1.82. The summed E-state index contributed by atoms with van der Waals surface area (Å²) in [6.45, 7) is 3.46. The van der Waals surface area contributed by atoms with Gasteiger partial charge in [-0.05, 0) is 43.9 Å². The van der Waals surface area contributed by atoms with E-state index < -0.39 is 10.0 Å². The van der Waals surface area contributed by atoms with Gasteiger partial charge in [0.1, 0.15) is 0 Å². The van der Waals surface area contributed by atoms with E-state index in [1.54, 1.807) is 13.1 Å². The van der Waals surface area contributed by atoms with Gasteiger partial charge in [0.2, 0.25) is 10.0 Å². The molecule has 0 aromatic heterocycles. The molecule has 1 saturated heterocycles. The number of nitrogens with one attached hydrogen (secondary N) is 1. The third-order valence-corrected chi connectivity index (χ3v) is 6.48. The Morgan fingerprint density at radius 3 is 2.90 bits per heavy atom. The molecule has 21 heavy (non-hydrogen) atoms. The first kappa shape index (κ1) is 14.8. The molecule has 0 aliphatic carbocycles. The highest BCUT2D eigenvalue weighted by Crippen LogP contribution is 2.32. The lowest BCUT2D eigenvalue weighted by atomic mass is 10.0. The quantitative estimate of drug-likeness (QED) is 0.925. The largest absolute Gasteiger partial charge is 0.385 e. The number of hydrogen-bond donors (Lipinski definition) is 1. The molecule has 0 bridgehead atoms. The molecule has 0 radical (unpaired) electrons. The van der Waals surface area contributed by atoms with Crippen molar-refractivity contribution in [3.63, 3.8) is 0 Å². The van der Waals surface area contributed by atoms with Crippen LogP contribution in [0.15, 0.2) is 23.1 Å². The van der Waals surface area contributed by atoms with Gasteiger partial charge >= 0.3 is 0 Å². The predicted octanol–water partition coefficient (Wildman–Crippen LogP) is 1.84. The summed E-state index contributed by atoms with van der Waals surface area (Å²) in [5.74, 6) is 0. The zero-order valence-electron chi connectivity index (χ0n) is 12.5. The topological polar surface area (TPSA) is 58.6 Å². The van der Waals surface area contributed by atoms with Crippen molar-refractivity contribution >= 4 is 15.7 Å². The third-order valence-electron chi connectivity index (χ3n) is 4.51. The first-order valence-electron chi connectivity index (χ1n) is 7.47. The van der Waals surface area contributed by atoms with E-state index in [0.29, 0.717) is 11.5 Å². The minimum atomic E-state index is -3.48. The predicted molar refractivity (Wildman–Crippen MR) is 82.0 cm³/mol. The number of rotatable bonds is 3. The molecule has 1 aromatic rings. The number of anilines is 1. The van der Waals surface area contributed by atoms with Gasteiger partial charge in [0.05, 0.1) is 17.0 Å². The lowest BCUT2D eigenvalue weighted by molar-refractivity contribution is 0.102. The number of fused-ring (bicyclic) bond motifs is 1. The van der Waals surface area contributed by atoms with E-state index in [1.807, 2.05) is 19.1 Å². The average Bonchev–Trinajstić information content (AvgIpc) is 2.91. The molecule has 1 aromatic carbocycles. The second-order valence-corrected chi connectivity index (χ2v) is 7.73. The van der Waals surface area contributed by atoms with Crippen molar-refractivity contribution in [2.75, 3.05) is 25.5 Å². The molecule has 1 fully saturated rings. The molecule has 2 atom stereocenters. The van der Waals surface area contributed by atoms with Gasteiger partial charge in [0.25, 0.3) is 0 Å². The Balaban J connectivity index is 1.98. The fraction of sp³-hybridized carbons (Fsp3) is 0.600. The van der Waals surface area contributed by atoms with E-state index in [4.69, 9.17) is 4.74 Å². The molecule has 3 rings (SSSR count). The second-order valence-electron chi connectivity index (χ2n) is 5.77. The monoisotopic (exact) mass is 310 g/mol. The summed E-state index contributed by atoms with van der Waals surface area (Å²) in [5, 5.41) is 3.28. The number of nitrogens with zero attached hydrogens (tertiary/aromatic N) is 1. The second kappa shape index (κ2) is 5.59. The van der Waals surface area contributed by atoms with Gasteiger partial charge in [-0.15, -0.1) is 0 Å². The zero-order chi connectivity index (χ0) is 15.0. The highest BCUT2D eigenvalue weighted by atomic mass is 32.2. The number of ether oxygens (including phenoxy) is 1. The summed E-state index contributed by atoms with van der Waals surface area (Å²) in [4.78, 5) is 0.439. The van der Waals surface area contributed by atoms with E-state index >= 15 is 0 Å². The Morgan fingerprint density at radius 2 is 2.19 bits per heavy atom. The summed E-state index contributed by atoms with van der Waals surface area (Å²) in [6, 6.07) is 5.40. The van der Waals surface area contributed by atoms with Crippen LogP contribution in [-0.4, -0.2) is 45.1 Å². The van der Waals surface area contributed by atoms with E-state index in [1.165, 1.54) is 4.31 Å². The number of likely N-dealkylation sites (N-methyl/N-ethyl adjacent to an activating group) is 1. The highest BCUT2D eigenvalue weighted by Gasteiger charge is 2.36. The normalized spacial score (nSPS) is 25.7. The molecule has 0 amide bonds. The van der Waals surface area contributed by atoms with Crippen molar-refractivity contribution < 1.29 is 13.2 Å². The van der Waals surface area contributed by atoms with Crippen LogP contribution in [0.4, 0.5) is 5.69 Å². The van der Waals surface area contributed by atoms with Gasteiger partial charge in [0, 0.05) is 25.9 Å². The van der Waals surface area contributed by atoms with Crippen molar-refractivity contribution in [1.82, 2.24) is 4.31 Å². The van der Waals surface area contributed by atoms with Gasteiger partial charge in [0.15, 0.2) is 0 Å². The molecule has 116 valence electrons. The Kier molecular flexibility index (Phi) is 3.94. The van der Waals surface area contributed by atoms with Crippen LogP contribution >= 0.6 is 0 Å². The molecule has 2 aliphatic heterocycles. The summed E-state index contributed by atoms with van der Waals surface area (Å²) < 4.78 is 33.0. The number of benzene rings is 1. The first-order valence-corrected chi connectivity index (χ1v) is 8.91. The Labute approximate surface area is 126 Å². The van der Waals surface area contributed by atoms with Crippen LogP contribution in [0, 0.1) is 0 Å². The van der Waals surface area contributed by atoms with E-state index in [9.17, 15) is 8.42 Å². The van der Waals surface area contributed by atoms with Crippen LogP contribution < -0.4 is 5.32 Å². The van der Waals surface area contributed by atoms with E-state index in [0.717, 1.165) is 37.1 Å². The standard InChI is InChI=1S/C15H22N2O3S/c1-11-14(8-10-20-11)17(2)21(18,19)15-7-3-6-13-12(15)5-4-9-16-13/h3,6-7,11,14,16H,4-5,8-10H2,1-2H3. The van der Waals surface area contributed by atoms with Crippen molar-refractivity contribution in [3.05, 3.63) is 23.8 Å². The van der Waals surface area contributed by atoms with Gasteiger partial charge in [-0.2, -0.15) is 4.31 Å². The maximum atomic E-state index is 13.0. The van der Waals surface area contributed by atoms with Gasteiger partial charge in [-0.25, -0.2) is 8.42 Å². The minimum absolute atomic E-state index is 0.0533. The Hall–Kier alpha value is -1.11. The average molecular weight is 310 g/mol. The SMILES string of the molecule is CC1OCCC1N(C)S(=O)(=O)c1cccc2c1CCCN2. The molecular formula is C15H22N2O3S. The molecule has 2 unspecified atom stereocenters. The molecule has 6 heteroatoms. The van der Waals surface area contributed by atoms with Crippen molar-refractivity contribution in [1.29, 1.82) is 0 Å². The van der Waals surface area contributed by atoms with Crippen LogP contribution in [0.1, 0.15) is 25.3 Å². The molecule has 2 heterocycles. The van der Waals surface area contributed by atoms with Crippen LogP contribution in [-0.2, 0) is 21.2 Å². The molecule has 0 saturated carbocycles. The fourth-order valence-corrected chi connectivity index (χ4v) is 4.97. The third kappa shape index (κ3) is 2.56. The van der Waals surface area contributed by atoms with Crippen molar-refractivity contribution in [2.24, 2.45) is 0 Å². The molecule has 2 aliphatic rings. The van der Waals surface area contributed by atoms with Crippen molar-refractivity contribution in [2.45, 2.75) is 43.2 Å². The summed E-state index contributed by atoms with van der Waals surface area (Å²) in [5.41, 5.74) is 1.87. The number of sulfonamides is 1. The zero-order valence-corrected chi connectivity index (χ0v) is 13.3. The van der Waals surface area contributed by atoms with E-state index in [2.05, 4.69) is 5.32 Å². The maximum absolute atomic E-state index is 13.0. The van der Waals surface area contributed by atoms with Crippen LogP contribution in [0.3, 0.4) is 0 Å². The van der Waals surface area contributed by atoms with Gasteiger partial charge < -0.3 is 10.1 Å². The fourth-order valence-electron chi connectivity index (χ4n) is 3.25. The summed E-state index contributed by atoms with van der Waals surface area (Å²) >= 11 is 0. The van der Waals surface area contributed by atoms with Gasteiger partial charge in [-0.3, -0.25) is 0 Å². The first-order chi connectivity index (χ1) is 10.0. The highest BCUT2D eigenvalue weighted by molar-refractivity contribution is 7.89. The molecule has 1 N–H and O–H groups in total. The van der Waals surface area contributed by atoms with Gasteiger partial charge in [-0.1, -0.05) is 6.07 Å². The van der Waals surface area contributed by atoms with Crippen LogP contribution in [0.25, 0.3) is 0 Å². The molecular weight excluding hydrogens is 288 g/mol. The Bertz CT molecular complexity index is 630. The van der Waals surface area contributed by atoms with Crippen LogP contribution in [0.5, 0.6) is 0 Å². The number of hydrogen-bond acceptors (Lipinski definition) is 4. The lowest BCUT2D eigenvalue weighted by Crippen LogP contribution is -2.41. The summed E-state index contributed by atoms with van der Waals surface area (Å²) in [6.07, 6.45) is 2.47. The maximum Gasteiger partial charge on any atom is 0.243 e. The van der Waals surface area contributed by atoms with Crippen LogP contribution in [0.2, 0.25) is 0 Å². The minimum Gasteiger partial charge on any atom is -0.385 e. The molecule has 0 spiro atoms. The smallest absolute Gasteiger partial charge is 0.243 e. The lowest BCUT2D eigenvalue weighted by Gasteiger charge is -2.28. The van der Waals surface area contributed by atoms with Crippen molar-refractivity contribution in [3.8, 4) is 0 Å². The van der Waals surface area contributed by atoms with E-state index in [-0.39, 0.29) is 12.1 Å². The Morgan fingerprint density at radius 1 is 1.38 bits per heavy atom. The molecule has 5 nitrogen and oxygen atoms in total.